The number of likely N-dealkylation sites (N-methyl/N-ethyl adjacent to an activating group) is 2. The van der Waals surface area contributed by atoms with Gasteiger partial charge in [0.25, 0.3) is 5.91 Å². The average molecular weight is 921 g/mol. The van der Waals surface area contributed by atoms with E-state index in [0.717, 1.165) is 10.5 Å². The molecule has 0 fully saturated rings. The summed E-state index contributed by atoms with van der Waals surface area (Å²) in [6, 6.07) is 2.25. The van der Waals surface area contributed by atoms with Crippen molar-refractivity contribution in [3.05, 3.63) is 58.1 Å². The first-order valence-corrected chi connectivity index (χ1v) is 23.3. The van der Waals surface area contributed by atoms with Gasteiger partial charge in [-0.1, -0.05) is 76.9 Å². The summed E-state index contributed by atoms with van der Waals surface area (Å²) < 4.78 is 18.1. The molecule has 0 spiro atoms. The molecule has 1 aliphatic rings. The van der Waals surface area contributed by atoms with Crippen LogP contribution in [0.5, 0.6) is 0 Å². The molecule has 1 unspecified atom stereocenters. The van der Waals surface area contributed by atoms with Gasteiger partial charge in [-0.25, -0.2) is 9.59 Å². The fourth-order valence-electron chi connectivity index (χ4n) is 6.92. The zero-order valence-corrected chi connectivity index (χ0v) is 40.8. The third-order valence-corrected chi connectivity index (χ3v) is 11.9. The summed E-state index contributed by atoms with van der Waals surface area (Å²) in [5.74, 6) is -5.17. The van der Waals surface area contributed by atoms with Crippen molar-refractivity contribution in [2.75, 3.05) is 32.8 Å². The Labute approximate surface area is 383 Å². The number of rotatable bonds is 10. The third kappa shape index (κ3) is 16.9. The van der Waals surface area contributed by atoms with Crippen LogP contribution in [0.2, 0.25) is 5.02 Å². The normalized spacial score (nSPS) is 27.8. The Morgan fingerprint density at radius 3 is 2.13 bits per heavy atom. The van der Waals surface area contributed by atoms with Crippen LogP contribution in [0.15, 0.2) is 47.6 Å². The second-order valence-electron chi connectivity index (χ2n) is 16.9. The number of esters is 2. The number of nitrogens with zero attached hydrogens (tertiary/aromatic N) is 2. The number of hydrogen-bond acceptors (Lipinski definition) is 11. The van der Waals surface area contributed by atoms with E-state index in [0.29, 0.717) is 22.9 Å². The minimum absolute atomic E-state index is 0.0341. The minimum Gasteiger partial charge on any atom is -0.456 e. The molecule has 2 rings (SSSR count). The lowest BCUT2D eigenvalue weighted by Crippen LogP contribution is -2.57. The van der Waals surface area contributed by atoms with Crippen molar-refractivity contribution in [1.82, 2.24) is 25.8 Å². The van der Waals surface area contributed by atoms with Crippen molar-refractivity contribution in [3.63, 3.8) is 0 Å². The van der Waals surface area contributed by atoms with Crippen molar-refractivity contribution in [2.45, 2.75) is 137 Å². The number of hydrogen-bond donors (Lipinski definition) is 3. The van der Waals surface area contributed by atoms with Crippen LogP contribution in [0.25, 0.3) is 0 Å². The van der Waals surface area contributed by atoms with Crippen molar-refractivity contribution in [1.29, 1.82) is 0 Å². The molecule has 0 radical (unpaired) electrons. The van der Waals surface area contributed by atoms with E-state index in [4.69, 9.17) is 25.8 Å². The molecule has 1 heterocycles. The fourth-order valence-corrected chi connectivity index (χ4v) is 7.35. The first-order chi connectivity index (χ1) is 29.6. The Morgan fingerprint density at radius 1 is 0.937 bits per heavy atom. The topological polar surface area (TPSA) is 190 Å². The highest BCUT2D eigenvalue weighted by Gasteiger charge is 2.37. The van der Waals surface area contributed by atoms with E-state index in [-0.39, 0.29) is 36.7 Å². The van der Waals surface area contributed by atoms with E-state index in [1.54, 1.807) is 44.2 Å². The average Bonchev–Trinajstić information content (AvgIpc) is 3.24. The lowest BCUT2D eigenvalue weighted by Gasteiger charge is -2.33. The number of benzene rings is 1. The summed E-state index contributed by atoms with van der Waals surface area (Å²) in [5.41, 5.74) is 1.62. The molecule has 9 atom stereocenters. The highest BCUT2D eigenvalue weighted by molar-refractivity contribution is 7.98. The SMILES string of the molecule is C/C=C(\C)C1OC(=O)[C@@H](C)NC(=O)[C@H]([C@H](C)CC)NC(=O)CN(C)C(=O)[C@@H](Cc2ccc(Cl)cc2)N(C)C(=O)[C@H](C)NC(=O)[C@@H](CC(C)C)OC(=O)/C(C)=C/C[C@H](OCSC)[C@@H]1C. The predicted molar refractivity (Wildman–Crippen MR) is 245 cm³/mol. The highest BCUT2D eigenvalue weighted by Crippen LogP contribution is 2.26. The van der Waals surface area contributed by atoms with Gasteiger partial charge in [-0.3, -0.25) is 24.0 Å². The summed E-state index contributed by atoms with van der Waals surface area (Å²) in [7, 11) is 2.84. The van der Waals surface area contributed by atoms with Crippen LogP contribution in [0.1, 0.15) is 94.1 Å². The number of halogens is 1. The molecule has 1 aromatic carbocycles. The summed E-state index contributed by atoms with van der Waals surface area (Å²) in [6.45, 7) is 17.0. The number of amides is 5. The van der Waals surface area contributed by atoms with E-state index in [2.05, 4.69) is 16.0 Å². The van der Waals surface area contributed by atoms with Gasteiger partial charge in [0.05, 0.1) is 18.6 Å². The molecule has 352 valence electrons. The van der Waals surface area contributed by atoms with Crippen LogP contribution < -0.4 is 16.0 Å². The largest absolute Gasteiger partial charge is 0.456 e. The van der Waals surface area contributed by atoms with Crippen molar-refractivity contribution >= 4 is 64.8 Å². The Bertz CT molecular complexity index is 1810. The van der Waals surface area contributed by atoms with Crippen LogP contribution in [0.4, 0.5) is 0 Å². The third-order valence-electron chi connectivity index (χ3n) is 11.3. The maximum Gasteiger partial charge on any atom is 0.334 e. The molecule has 3 N–H and O–H groups in total. The van der Waals surface area contributed by atoms with Gasteiger partial charge in [-0.2, -0.15) is 0 Å². The molecule has 1 aliphatic heterocycles. The predicted octanol–water partition coefficient (Wildman–Crippen LogP) is 5.24. The molecule has 63 heavy (non-hydrogen) atoms. The quantitative estimate of drug-likeness (QED) is 0.158. The van der Waals surface area contributed by atoms with Gasteiger partial charge >= 0.3 is 11.9 Å². The van der Waals surface area contributed by atoms with Crippen LogP contribution in [-0.4, -0.2) is 127 Å². The monoisotopic (exact) mass is 919 g/mol. The van der Waals surface area contributed by atoms with Gasteiger partial charge in [-0.15, -0.1) is 11.8 Å². The summed E-state index contributed by atoms with van der Waals surface area (Å²) in [6.07, 6.45) is 3.70. The molecule has 0 aromatic heterocycles. The van der Waals surface area contributed by atoms with Crippen LogP contribution in [-0.2, 0) is 54.2 Å². The fraction of sp³-hybridized carbons (Fsp3) is 0.630. The molecule has 17 heteroatoms. The van der Waals surface area contributed by atoms with E-state index >= 15 is 0 Å². The van der Waals surface area contributed by atoms with Crippen LogP contribution in [0, 0.1) is 17.8 Å². The van der Waals surface area contributed by atoms with Crippen LogP contribution in [0.3, 0.4) is 0 Å². The van der Waals surface area contributed by atoms with Gasteiger partial charge in [0, 0.05) is 37.0 Å². The molecule has 15 nitrogen and oxygen atoms in total. The van der Waals surface area contributed by atoms with Gasteiger partial charge in [-0.05, 0) is 88.8 Å². The summed E-state index contributed by atoms with van der Waals surface area (Å²) >= 11 is 7.59. The molecule has 0 saturated heterocycles. The first kappa shape index (κ1) is 54.7. The van der Waals surface area contributed by atoms with Crippen molar-refractivity contribution < 1.29 is 47.8 Å². The van der Waals surface area contributed by atoms with Gasteiger partial charge < -0.3 is 40.0 Å². The summed E-state index contributed by atoms with van der Waals surface area (Å²) in [4.78, 5) is 99.1. The Morgan fingerprint density at radius 2 is 1.56 bits per heavy atom. The molecule has 0 aliphatic carbocycles. The standard InChI is InChI=1S/C46H70ClN5O10S/c1-14-27(5)39-42(55)49-32(10)46(59)62-40(28(6)15-2)30(8)36(60-25-63-13)21-16-29(7)45(58)61-37(22-26(3)4)41(54)48-31(9)43(56)52(12)35(23-33-17-19-34(47)20-18-33)44(57)51(11)24-38(53)50-39/h15-20,26-27,30-32,35-37,39-40H,14,21-25H2,1-13H3,(H,48,54)(H,49,55)(H,50,53)/b28-15+,29-16+/t27-,30+,31+,32-,35-,36+,37-,39+,40?/m1/s1. The number of cyclic esters (lactones) is 2. The maximum absolute atomic E-state index is 14.2. The lowest BCUT2D eigenvalue weighted by atomic mass is 9.90. The van der Waals surface area contributed by atoms with E-state index < -0.39 is 96.4 Å². The number of nitrogens with one attached hydrogen (secondary N) is 3. The molecular formula is C46H70ClN5O10S. The number of ether oxygens (including phenoxy) is 3. The molecule has 0 saturated carbocycles. The zero-order valence-electron chi connectivity index (χ0n) is 39.2. The molecule has 1 aromatic rings. The van der Waals surface area contributed by atoms with E-state index in [1.807, 2.05) is 53.9 Å². The van der Waals surface area contributed by atoms with E-state index in [9.17, 15) is 33.6 Å². The Balaban J connectivity index is 2.69. The molecule has 0 bridgehead atoms. The Hall–Kier alpha value is -4.41. The Kier molecular flexibility index (Phi) is 22.9. The maximum atomic E-state index is 14.2. The molecular weight excluding hydrogens is 850 g/mol. The van der Waals surface area contributed by atoms with E-state index in [1.165, 1.54) is 44.6 Å². The zero-order chi connectivity index (χ0) is 47.7. The van der Waals surface area contributed by atoms with Crippen molar-refractivity contribution in [3.8, 4) is 0 Å². The highest BCUT2D eigenvalue weighted by atomic mass is 35.5. The van der Waals surface area contributed by atoms with Gasteiger partial charge in [0.1, 0.15) is 30.3 Å². The molecule has 5 amide bonds. The summed E-state index contributed by atoms with van der Waals surface area (Å²) in [5, 5.41) is 8.62. The van der Waals surface area contributed by atoms with Gasteiger partial charge in [0.2, 0.25) is 23.6 Å². The number of thioether (sulfide) groups is 1. The number of allylic oxidation sites excluding steroid dienone is 1. The van der Waals surface area contributed by atoms with Gasteiger partial charge in [0.15, 0.2) is 6.10 Å². The number of carbonyl (C=O) groups excluding carboxylic acids is 7. The van der Waals surface area contributed by atoms with Crippen molar-refractivity contribution in [2.24, 2.45) is 17.8 Å². The minimum atomic E-state index is -1.25. The second-order valence-corrected chi connectivity index (χ2v) is 18.1. The lowest BCUT2D eigenvalue weighted by molar-refractivity contribution is -0.155. The number of carbonyl (C=O) groups is 7. The van der Waals surface area contributed by atoms with Crippen LogP contribution >= 0.6 is 23.4 Å². The smallest absolute Gasteiger partial charge is 0.334 e. The first-order valence-electron chi connectivity index (χ1n) is 21.5. The second kappa shape index (κ2) is 26.4.